The molecule has 4 aliphatic carbocycles. The first kappa shape index (κ1) is 27.2. The molecule has 0 heterocycles. The number of allylic oxidation sites excluding steroid dienone is 1. The minimum absolute atomic E-state index is 0.231. The van der Waals surface area contributed by atoms with Crippen LogP contribution < -0.4 is 5.32 Å². The molecule has 3 heteroatoms. The van der Waals surface area contributed by atoms with Gasteiger partial charge in [0.15, 0.2) is 0 Å². The van der Waals surface area contributed by atoms with Crippen LogP contribution in [0, 0.1) is 46.3 Å². The lowest BCUT2D eigenvalue weighted by atomic mass is 9.47. The monoisotopic (exact) mass is 484 g/mol. The normalized spacial score (nSPS) is 39.6. The lowest BCUT2D eigenvalue weighted by Gasteiger charge is -2.58. The Balaban J connectivity index is 1.40. The molecule has 4 aliphatic rings. The van der Waals surface area contributed by atoms with E-state index in [2.05, 4.69) is 50.9 Å². The molecular formula is C32H56N2O. The minimum atomic E-state index is 0.231. The van der Waals surface area contributed by atoms with Crippen LogP contribution in [0.4, 0.5) is 0 Å². The highest BCUT2D eigenvalue weighted by molar-refractivity contribution is 5.76. The van der Waals surface area contributed by atoms with E-state index in [-0.39, 0.29) is 5.91 Å². The molecule has 0 aromatic carbocycles. The van der Waals surface area contributed by atoms with E-state index in [0.29, 0.717) is 23.3 Å². The molecule has 200 valence electrons. The van der Waals surface area contributed by atoms with E-state index in [1.165, 1.54) is 57.8 Å². The smallest absolute Gasteiger partial charge is 0.221 e. The molecule has 4 rings (SSSR count). The van der Waals surface area contributed by atoms with E-state index in [9.17, 15) is 4.79 Å². The molecule has 0 bridgehead atoms. The third-order valence-electron chi connectivity index (χ3n) is 11.5. The summed E-state index contributed by atoms with van der Waals surface area (Å²) >= 11 is 0. The maximum absolute atomic E-state index is 12.5. The van der Waals surface area contributed by atoms with Gasteiger partial charge in [-0.15, -0.1) is 0 Å². The van der Waals surface area contributed by atoms with Crippen molar-refractivity contribution in [2.75, 3.05) is 20.6 Å². The van der Waals surface area contributed by atoms with Crippen molar-refractivity contribution in [3.8, 4) is 0 Å². The molecule has 35 heavy (non-hydrogen) atoms. The second-order valence-electron chi connectivity index (χ2n) is 14.4. The lowest BCUT2D eigenvalue weighted by molar-refractivity contribution is -0.122. The largest absolute Gasteiger partial charge is 0.353 e. The number of hydrogen-bond donors (Lipinski definition) is 1. The Labute approximate surface area is 217 Å². The van der Waals surface area contributed by atoms with Gasteiger partial charge in [-0.1, -0.05) is 65.5 Å². The highest BCUT2D eigenvalue weighted by Crippen LogP contribution is 2.67. The number of hydrogen-bond acceptors (Lipinski definition) is 2. The number of fused-ring (bicyclic) bond motifs is 5. The highest BCUT2D eigenvalue weighted by atomic mass is 16.1. The molecule has 1 N–H and O–H groups in total. The van der Waals surface area contributed by atoms with Crippen LogP contribution in [0.15, 0.2) is 11.6 Å². The molecule has 0 aromatic rings. The summed E-state index contributed by atoms with van der Waals surface area (Å²) in [6.07, 6.45) is 18.1. The number of nitrogens with one attached hydrogen (secondary N) is 1. The van der Waals surface area contributed by atoms with Crippen LogP contribution in [0.3, 0.4) is 0 Å². The molecule has 0 aliphatic heterocycles. The third-order valence-corrected chi connectivity index (χ3v) is 11.5. The Bertz CT molecular complexity index is 772. The standard InChI is InChI=1S/C32H56N2O/c1-22(2)9-8-10-23(3)27-13-14-28-26-12-11-24-21-25(33-30(35)17-20-34(6)7)15-18-31(24,4)29(26)16-19-32(27,28)5/h11,22-23,25-29H,8-10,12-21H2,1-7H3,(H,33,35)/t23-,25+,26+,27-,28+,29+,31+,32-/m1/s1. The molecule has 8 atom stereocenters. The number of rotatable bonds is 9. The molecule has 3 saturated carbocycles. The average Bonchev–Trinajstić information content (AvgIpc) is 3.15. The van der Waals surface area contributed by atoms with E-state index in [4.69, 9.17) is 0 Å². The summed E-state index contributed by atoms with van der Waals surface area (Å²) in [5, 5.41) is 3.37. The van der Waals surface area contributed by atoms with Gasteiger partial charge in [0.1, 0.15) is 0 Å². The van der Waals surface area contributed by atoms with Crippen molar-refractivity contribution >= 4 is 5.91 Å². The molecule has 0 aromatic heterocycles. The van der Waals surface area contributed by atoms with Crippen molar-refractivity contribution < 1.29 is 4.79 Å². The SMILES string of the molecule is CC(C)CCC[C@@H](C)[C@H]1CC[C@H]2[C@@H]3CC=C4C[C@@H](NC(=O)CCN(C)C)CC[C@]4(C)[C@H]3CC[C@]12C. The van der Waals surface area contributed by atoms with Gasteiger partial charge >= 0.3 is 0 Å². The fourth-order valence-corrected chi connectivity index (χ4v) is 9.43. The maximum atomic E-state index is 12.5. The van der Waals surface area contributed by atoms with Crippen molar-refractivity contribution in [2.45, 2.75) is 118 Å². The average molecular weight is 485 g/mol. The van der Waals surface area contributed by atoms with Crippen LogP contribution in [0.5, 0.6) is 0 Å². The van der Waals surface area contributed by atoms with Gasteiger partial charge in [-0.2, -0.15) is 0 Å². The summed E-state index contributed by atoms with van der Waals surface area (Å²) in [6, 6.07) is 0.344. The number of amides is 1. The first-order valence-electron chi connectivity index (χ1n) is 15.2. The van der Waals surface area contributed by atoms with Gasteiger partial charge in [0.05, 0.1) is 0 Å². The Hall–Kier alpha value is -0.830. The third kappa shape index (κ3) is 5.55. The number of carbonyl (C=O) groups is 1. The van der Waals surface area contributed by atoms with Gasteiger partial charge in [-0.25, -0.2) is 0 Å². The summed E-state index contributed by atoms with van der Waals surface area (Å²) in [7, 11) is 4.08. The van der Waals surface area contributed by atoms with E-state index in [1.54, 1.807) is 5.57 Å². The predicted molar refractivity (Wildman–Crippen MR) is 148 cm³/mol. The molecule has 0 radical (unpaired) electrons. The summed E-state index contributed by atoms with van der Waals surface area (Å²) in [5.41, 5.74) is 2.62. The van der Waals surface area contributed by atoms with Crippen molar-refractivity contribution in [2.24, 2.45) is 46.3 Å². The van der Waals surface area contributed by atoms with Crippen LogP contribution >= 0.6 is 0 Å². The number of nitrogens with zero attached hydrogens (tertiary/aromatic N) is 1. The molecule has 3 nitrogen and oxygen atoms in total. The Kier molecular flexibility index (Phi) is 8.46. The van der Waals surface area contributed by atoms with Crippen molar-refractivity contribution in [3.63, 3.8) is 0 Å². The zero-order valence-electron chi connectivity index (χ0n) is 24.2. The Morgan fingerprint density at radius 2 is 1.83 bits per heavy atom. The van der Waals surface area contributed by atoms with Crippen LogP contribution in [-0.4, -0.2) is 37.5 Å². The van der Waals surface area contributed by atoms with Gasteiger partial charge in [-0.05, 0) is 112 Å². The summed E-state index contributed by atoms with van der Waals surface area (Å²) < 4.78 is 0. The second kappa shape index (κ2) is 10.9. The minimum Gasteiger partial charge on any atom is -0.353 e. The van der Waals surface area contributed by atoms with Gasteiger partial charge in [0, 0.05) is 19.0 Å². The van der Waals surface area contributed by atoms with E-state index >= 15 is 0 Å². The van der Waals surface area contributed by atoms with Gasteiger partial charge in [0.2, 0.25) is 5.91 Å². The van der Waals surface area contributed by atoms with E-state index in [1.807, 2.05) is 14.1 Å². The predicted octanol–water partition coefficient (Wildman–Crippen LogP) is 7.46. The zero-order chi connectivity index (χ0) is 25.4. The van der Waals surface area contributed by atoms with Crippen molar-refractivity contribution in [1.29, 1.82) is 0 Å². The van der Waals surface area contributed by atoms with Crippen LogP contribution in [0.1, 0.15) is 112 Å². The van der Waals surface area contributed by atoms with E-state index in [0.717, 1.165) is 54.9 Å². The fourth-order valence-electron chi connectivity index (χ4n) is 9.43. The van der Waals surface area contributed by atoms with Gasteiger partial charge in [0.25, 0.3) is 0 Å². The molecule has 0 saturated heterocycles. The first-order valence-corrected chi connectivity index (χ1v) is 15.2. The van der Waals surface area contributed by atoms with Crippen molar-refractivity contribution in [3.05, 3.63) is 11.6 Å². The molecule has 1 amide bonds. The molecular weight excluding hydrogens is 428 g/mol. The molecule has 0 spiro atoms. The van der Waals surface area contributed by atoms with Gasteiger partial charge in [-0.3, -0.25) is 4.79 Å². The lowest BCUT2D eigenvalue weighted by Crippen LogP contribution is -2.52. The Morgan fingerprint density at radius 3 is 2.54 bits per heavy atom. The summed E-state index contributed by atoms with van der Waals surface area (Å²) in [5.74, 6) is 5.58. The van der Waals surface area contributed by atoms with Crippen LogP contribution in [0.2, 0.25) is 0 Å². The van der Waals surface area contributed by atoms with Crippen LogP contribution in [-0.2, 0) is 4.79 Å². The first-order chi connectivity index (χ1) is 16.5. The topological polar surface area (TPSA) is 32.3 Å². The summed E-state index contributed by atoms with van der Waals surface area (Å²) in [6.45, 7) is 13.5. The quantitative estimate of drug-likeness (QED) is 0.344. The highest BCUT2D eigenvalue weighted by Gasteiger charge is 2.59. The van der Waals surface area contributed by atoms with Crippen LogP contribution in [0.25, 0.3) is 0 Å². The maximum Gasteiger partial charge on any atom is 0.221 e. The van der Waals surface area contributed by atoms with Gasteiger partial charge < -0.3 is 10.2 Å². The van der Waals surface area contributed by atoms with E-state index < -0.39 is 0 Å². The fraction of sp³-hybridized carbons (Fsp3) is 0.906. The van der Waals surface area contributed by atoms with Crippen molar-refractivity contribution in [1.82, 2.24) is 10.2 Å². The summed E-state index contributed by atoms with van der Waals surface area (Å²) in [4.78, 5) is 14.6. The zero-order valence-corrected chi connectivity index (χ0v) is 24.2. The molecule has 3 fully saturated rings. The number of carbonyl (C=O) groups excluding carboxylic acids is 1. The second-order valence-corrected chi connectivity index (χ2v) is 14.4. The Morgan fingerprint density at radius 1 is 1.06 bits per heavy atom. The molecule has 0 unspecified atom stereocenters.